The van der Waals surface area contributed by atoms with Crippen LogP contribution in [0, 0.1) is 50.1 Å². The van der Waals surface area contributed by atoms with E-state index in [1.165, 1.54) is 35.1 Å². The Morgan fingerprint density at radius 3 is 1.81 bits per heavy atom. The van der Waals surface area contributed by atoms with Gasteiger partial charge in [0, 0.05) is 38.5 Å². The lowest BCUT2D eigenvalue weighted by Crippen LogP contribution is -1.92. The summed E-state index contributed by atoms with van der Waals surface area (Å²) in [5.41, 5.74) is 12.0. The molecule has 0 spiro atoms. The second kappa shape index (κ2) is 19.1. The van der Waals surface area contributed by atoms with Crippen LogP contribution in [-0.4, -0.2) is 18.5 Å². The summed E-state index contributed by atoms with van der Waals surface area (Å²) >= 11 is 0. The van der Waals surface area contributed by atoms with Gasteiger partial charge in [0.1, 0.15) is 29.6 Å². The Hall–Kier alpha value is -6.93. The molecule has 0 heterocycles. The Morgan fingerprint density at radius 1 is 0.667 bits per heavy atom. The molecule has 0 aliphatic carbocycles. The van der Waals surface area contributed by atoms with Crippen LogP contribution >= 0.6 is 0 Å². The van der Waals surface area contributed by atoms with Gasteiger partial charge in [-0.1, -0.05) is 116 Å². The molecular weight excluding hydrogens is 665 g/mol. The minimum absolute atomic E-state index is 0. The number of phenols is 1. The van der Waals surface area contributed by atoms with Crippen molar-refractivity contribution in [3.05, 3.63) is 150 Å². The number of phenolic OH excluding ortho intramolecular Hbond substituents is 1. The molecule has 6 rings (SSSR count). The molecule has 0 fully saturated rings. The number of hydrogen-bond donors (Lipinski definition) is 1. The molecule has 4 nitrogen and oxygen atoms in total. The zero-order chi connectivity index (χ0) is 38.3. The number of aryl methyl sites for hydroxylation is 3. The van der Waals surface area contributed by atoms with Crippen molar-refractivity contribution < 1.29 is 29.4 Å². The van der Waals surface area contributed by atoms with Crippen LogP contribution < -0.4 is 9.47 Å². The third-order valence-corrected chi connectivity index (χ3v) is 9.02. The van der Waals surface area contributed by atoms with Crippen molar-refractivity contribution in [2.24, 2.45) is 0 Å². The average molecular weight is 721 g/mol. The number of ether oxygens (including phenoxy) is 2. The molecule has 4 heteroatoms. The fourth-order valence-electron chi connectivity index (χ4n) is 5.98. The number of unbranched alkanes of at least 4 members (excludes halogenated alkanes) is 1. The summed E-state index contributed by atoms with van der Waals surface area (Å²) in [6, 6.07) is 43.1. The normalized spacial score (nSPS) is 9.91. The molecule has 280 valence electrons. The van der Waals surface area contributed by atoms with Crippen LogP contribution in [-0.2, 0) is 6.42 Å². The fourth-order valence-corrected chi connectivity index (χ4v) is 5.98. The predicted molar refractivity (Wildman–Crippen MR) is 236 cm³/mol. The summed E-state index contributed by atoms with van der Waals surface area (Å²) in [7, 11) is 1.67. The SMILES string of the molecule is C#CC#CC#COc1cc(C)c(C=O)cc1C.CCCCc1ccc(-c2ccc(-c3cc(O)c(-c4ccc(-c5ccccc5)cc4)cc3OC)cc2)cc1.[HH].[HH].[HH].[HH].[HH].[HH].[HH]. The van der Waals surface area contributed by atoms with Crippen LogP contribution in [0.5, 0.6) is 17.2 Å². The van der Waals surface area contributed by atoms with Crippen molar-refractivity contribution in [2.75, 3.05) is 7.11 Å². The lowest BCUT2D eigenvalue weighted by Gasteiger charge is -2.14. The van der Waals surface area contributed by atoms with Gasteiger partial charge in [-0.2, -0.15) is 0 Å². The number of carbonyl (C=O) groups excluding carboxylic acids is 1. The minimum Gasteiger partial charge on any atom is -0.507 e. The van der Waals surface area contributed by atoms with Gasteiger partial charge in [0.05, 0.1) is 7.11 Å². The van der Waals surface area contributed by atoms with E-state index in [2.05, 4.69) is 110 Å². The van der Waals surface area contributed by atoms with Crippen molar-refractivity contribution in [1.82, 2.24) is 0 Å². The number of terminal acetylenes is 1. The quantitative estimate of drug-likeness (QED) is 0.113. The van der Waals surface area contributed by atoms with Gasteiger partial charge in [-0.15, -0.1) is 6.42 Å². The van der Waals surface area contributed by atoms with Gasteiger partial charge >= 0.3 is 0 Å². The van der Waals surface area contributed by atoms with Crippen molar-refractivity contribution in [1.29, 1.82) is 0 Å². The first-order valence-corrected chi connectivity index (χ1v) is 17.8. The Labute approximate surface area is 329 Å². The van der Waals surface area contributed by atoms with E-state index in [4.69, 9.17) is 15.9 Å². The molecule has 6 aromatic rings. The second-order valence-corrected chi connectivity index (χ2v) is 12.7. The predicted octanol–water partition coefficient (Wildman–Crippen LogP) is 13.2. The number of carbonyl (C=O) groups is 1. The topological polar surface area (TPSA) is 55.8 Å². The summed E-state index contributed by atoms with van der Waals surface area (Å²) < 4.78 is 11.0. The number of rotatable bonds is 10. The van der Waals surface area contributed by atoms with Crippen LogP contribution in [0.25, 0.3) is 44.5 Å². The highest BCUT2D eigenvalue weighted by atomic mass is 16.5. The number of aromatic hydroxyl groups is 1. The summed E-state index contributed by atoms with van der Waals surface area (Å²) in [6.07, 6.45) is 11.7. The smallest absolute Gasteiger partial charge is 0.150 e. The van der Waals surface area contributed by atoms with E-state index >= 15 is 0 Å². The van der Waals surface area contributed by atoms with Gasteiger partial charge in [-0.05, 0) is 113 Å². The maximum atomic E-state index is 11.0. The standard InChI is InChI=1S/C35H32O2.C15H10O2.7H2/c1-3-4-8-25-11-13-27(14-12-25)29-17-21-31(22-18-29)33-23-34(36)32(24-35(33)37-2)30-19-15-28(16-20-30)26-9-6-5-7-10-26;1-4-5-6-7-8-17-15-10-12(2)14(11-16)9-13(15)3;;;;;;;/h5-7,9-24,36H,3-4,8H2,1-2H3;1,9-11H,2-3H3;7*1H. The fraction of sp³-hybridized carbons (Fsp3) is 0.140. The highest BCUT2D eigenvalue weighted by Gasteiger charge is 2.14. The highest BCUT2D eigenvalue weighted by Crippen LogP contribution is 2.41. The maximum absolute atomic E-state index is 11.0. The summed E-state index contributed by atoms with van der Waals surface area (Å²) in [6.45, 7) is 5.90. The van der Waals surface area contributed by atoms with Crippen LogP contribution in [0.15, 0.2) is 127 Å². The van der Waals surface area contributed by atoms with Crippen LogP contribution in [0.1, 0.15) is 56.8 Å². The third-order valence-electron chi connectivity index (χ3n) is 9.02. The van der Waals surface area contributed by atoms with Gasteiger partial charge < -0.3 is 14.6 Å². The van der Waals surface area contributed by atoms with Gasteiger partial charge in [-0.3, -0.25) is 4.79 Å². The molecule has 0 unspecified atom stereocenters. The lowest BCUT2D eigenvalue weighted by molar-refractivity contribution is 0.112. The first-order valence-electron chi connectivity index (χ1n) is 17.8. The van der Waals surface area contributed by atoms with Gasteiger partial charge in [0.2, 0.25) is 0 Å². The summed E-state index contributed by atoms with van der Waals surface area (Å²) in [5, 5.41) is 11.0. The number of aldehydes is 1. The molecule has 0 aromatic heterocycles. The Morgan fingerprint density at radius 2 is 1.24 bits per heavy atom. The molecule has 0 amide bonds. The molecule has 0 aliphatic rings. The number of benzene rings is 6. The molecule has 1 N–H and O–H groups in total. The second-order valence-electron chi connectivity index (χ2n) is 12.7. The van der Waals surface area contributed by atoms with Crippen LogP contribution in [0.2, 0.25) is 0 Å². The third kappa shape index (κ3) is 9.89. The lowest BCUT2D eigenvalue weighted by atomic mass is 9.95. The molecule has 0 aliphatic heterocycles. The summed E-state index contributed by atoms with van der Waals surface area (Å²) in [4.78, 5) is 10.7. The average Bonchev–Trinajstić information content (AvgIpc) is 3.22. The van der Waals surface area contributed by atoms with E-state index in [9.17, 15) is 9.90 Å². The van der Waals surface area contributed by atoms with E-state index in [0.29, 0.717) is 11.3 Å². The van der Waals surface area contributed by atoms with E-state index in [-0.39, 0.29) is 15.7 Å². The monoisotopic (exact) mass is 720 g/mol. The first-order chi connectivity index (χ1) is 26.3. The van der Waals surface area contributed by atoms with Crippen molar-refractivity contribution in [3.63, 3.8) is 0 Å². The Bertz CT molecular complexity index is 2390. The van der Waals surface area contributed by atoms with Crippen LogP contribution in [0.4, 0.5) is 0 Å². The first kappa shape index (κ1) is 38.3. The zero-order valence-corrected chi connectivity index (χ0v) is 31.1. The molecule has 6 aromatic carbocycles. The van der Waals surface area contributed by atoms with Crippen molar-refractivity contribution in [3.8, 4) is 98.0 Å². The molecular formula is C50H56O4. The zero-order valence-electron chi connectivity index (χ0n) is 31.1. The molecule has 0 atom stereocenters. The van der Waals surface area contributed by atoms with Crippen molar-refractivity contribution >= 4 is 6.29 Å². The minimum atomic E-state index is 0. The number of hydrogen-bond acceptors (Lipinski definition) is 4. The van der Waals surface area contributed by atoms with Gasteiger partial charge in [0.25, 0.3) is 0 Å². The molecule has 0 saturated heterocycles. The molecule has 0 bridgehead atoms. The molecule has 0 saturated carbocycles. The Kier molecular flexibility index (Phi) is 13.5. The summed E-state index contributed by atoms with van der Waals surface area (Å²) in [5.74, 6) is 11.0. The Balaban J connectivity index is -0.00000121. The van der Waals surface area contributed by atoms with E-state index in [1.54, 1.807) is 25.3 Å². The van der Waals surface area contributed by atoms with Gasteiger partial charge in [-0.25, -0.2) is 0 Å². The highest BCUT2D eigenvalue weighted by molar-refractivity contribution is 5.83. The van der Waals surface area contributed by atoms with E-state index < -0.39 is 0 Å². The van der Waals surface area contributed by atoms with Crippen molar-refractivity contribution in [2.45, 2.75) is 40.0 Å². The number of methoxy groups -OCH3 is 1. The van der Waals surface area contributed by atoms with E-state index in [1.807, 2.05) is 50.2 Å². The van der Waals surface area contributed by atoms with Crippen LogP contribution in [0.3, 0.4) is 0 Å². The molecule has 0 radical (unpaired) electrons. The maximum Gasteiger partial charge on any atom is 0.150 e. The van der Waals surface area contributed by atoms with E-state index in [0.717, 1.165) is 57.4 Å². The van der Waals surface area contributed by atoms with Gasteiger partial charge in [0.15, 0.2) is 0 Å². The molecule has 54 heavy (non-hydrogen) atoms. The largest absolute Gasteiger partial charge is 0.507 e.